The molecule has 25 heavy (non-hydrogen) atoms. The normalized spacial score (nSPS) is 25.1. The quantitative estimate of drug-likeness (QED) is 0.802. The lowest BCUT2D eigenvalue weighted by molar-refractivity contribution is -0.131. The molecule has 1 heterocycles. The third-order valence-corrected chi connectivity index (χ3v) is 5.40. The Morgan fingerprint density at radius 3 is 2.52 bits per heavy atom. The minimum Gasteiger partial charge on any atom is -0.376 e. The first-order valence-electron chi connectivity index (χ1n) is 9.26. The van der Waals surface area contributed by atoms with Crippen LogP contribution in [0.1, 0.15) is 29.9 Å². The van der Waals surface area contributed by atoms with Gasteiger partial charge in [-0.1, -0.05) is 60.7 Å². The number of nitrogens with zero attached hydrogens (tertiary/aromatic N) is 1. The van der Waals surface area contributed by atoms with E-state index < -0.39 is 0 Å². The Kier molecular flexibility index (Phi) is 4.84. The van der Waals surface area contributed by atoms with Crippen LogP contribution in [0.25, 0.3) is 0 Å². The largest absolute Gasteiger partial charge is 0.376 e. The van der Waals surface area contributed by atoms with Gasteiger partial charge in [0.05, 0.1) is 13.2 Å². The molecule has 130 valence electrons. The molecule has 0 N–H and O–H groups in total. The monoisotopic (exact) mass is 335 g/mol. The second-order valence-corrected chi connectivity index (χ2v) is 7.30. The summed E-state index contributed by atoms with van der Waals surface area (Å²) < 4.78 is 5.86. The Morgan fingerprint density at radius 2 is 1.76 bits per heavy atom. The lowest BCUT2D eigenvalue weighted by Crippen LogP contribution is -2.31. The van der Waals surface area contributed by atoms with E-state index in [-0.39, 0.29) is 5.92 Å². The Morgan fingerprint density at radius 1 is 1.04 bits per heavy atom. The summed E-state index contributed by atoms with van der Waals surface area (Å²) >= 11 is 0. The van der Waals surface area contributed by atoms with Crippen LogP contribution in [0.5, 0.6) is 0 Å². The van der Waals surface area contributed by atoms with E-state index in [4.69, 9.17) is 4.74 Å². The average molecular weight is 335 g/mol. The molecular formula is C22H25NO2. The van der Waals surface area contributed by atoms with E-state index in [1.165, 1.54) is 11.1 Å². The number of hydrogen-bond acceptors (Lipinski definition) is 2. The van der Waals surface area contributed by atoms with E-state index in [1.807, 2.05) is 24.3 Å². The zero-order chi connectivity index (χ0) is 17.1. The van der Waals surface area contributed by atoms with Gasteiger partial charge in [0.25, 0.3) is 0 Å². The van der Waals surface area contributed by atoms with Crippen molar-refractivity contribution in [1.82, 2.24) is 4.90 Å². The van der Waals surface area contributed by atoms with E-state index >= 15 is 0 Å². The van der Waals surface area contributed by atoms with Crippen molar-refractivity contribution >= 4 is 5.91 Å². The third-order valence-electron chi connectivity index (χ3n) is 5.40. The van der Waals surface area contributed by atoms with E-state index in [0.29, 0.717) is 24.3 Å². The number of likely N-dealkylation sites (tertiary alicyclic amines) is 1. The van der Waals surface area contributed by atoms with Crippen LogP contribution < -0.4 is 0 Å². The van der Waals surface area contributed by atoms with Crippen LogP contribution in [-0.2, 0) is 16.1 Å². The third kappa shape index (κ3) is 3.93. The van der Waals surface area contributed by atoms with Crippen LogP contribution in [0.15, 0.2) is 60.7 Å². The summed E-state index contributed by atoms with van der Waals surface area (Å²) in [7, 11) is 0. The van der Waals surface area contributed by atoms with Crippen molar-refractivity contribution in [3.05, 3.63) is 71.8 Å². The lowest BCUT2D eigenvalue weighted by atomic mass is 10.1. The molecule has 2 aromatic carbocycles. The molecule has 0 bridgehead atoms. The molecule has 2 fully saturated rings. The van der Waals surface area contributed by atoms with Crippen molar-refractivity contribution < 1.29 is 9.53 Å². The van der Waals surface area contributed by atoms with Gasteiger partial charge in [0.15, 0.2) is 0 Å². The van der Waals surface area contributed by atoms with Crippen LogP contribution in [-0.4, -0.2) is 30.5 Å². The molecule has 2 aromatic rings. The number of ether oxygens (including phenoxy) is 1. The maximum atomic E-state index is 12.7. The van der Waals surface area contributed by atoms with Gasteiger partial charge in [-0.15, -0.1) is 0 Å². The van der Waals surface area contributed by atoms with E-state index in [0.717, 1.165) is 32.5 Å². The molecule has 1 saturated heterocycles. The van der Waals surface area contributed by atoms with Crippen molar-refractivity contribution in [2.45, 2.75) is 25.4 Å². The van der Waals surface area contributed by atoms with Gasteiger partial charge in [-0.2, -0.15) is 0 Å². The molecule has 1 aliphatic heterocycles. The summed E-state index contributed by atoms with van der Waals surface area (Å²) in [5, 5.41) is 0. The van der Waals surface area contributed by atoms with Crippen LogP contribution in [0.3, 0.4) is 0 Å². The number of benzene rings is 2. The predicted molar refractivity (Wildman–Crippen MR) is 98.1 cm³/mol. The summed E-state index contributed by atoms with van der Waals surface area (Å²) in [5.41, 5.74) is 2.51. The SMILES string of the molecule is O=C([C@@H]1C[C@@H]1c1ccccc1)N1CC[C@@H](COCc2ccccc2)C1. The molecule has 0 radical (unpaired) electrons. The Labute approximate surface area is 149 Å². The zero-order valence-electron chi connectivity index (χ0n) is 14.5. The van der Waals surface area contributed by atoms with Gasteiger partial charge in [-0.3, -0.25) is 4.79 Å². The van der Waals surface area contributed by atoms with Crippen LogP contribution in [0, 0.1) is 11.8 Å². The maximum Gasteiger partial charge on any atom is 0.226 e. The van der Waals surface area contributed by atoms with E-state index in [9.17, 15) is 4.79 Å². The molecule has 4 rings (SSSR count). The average Bonchev–Trinajstić information content (AvgIpc) is 3.33. The first kappa shape index (κ1) is 16.3. The van der Waals surface area contributed by atoms with Crippen LogP contribution >= 0.6 is 0 Å². The Balaban J connectivity index is 1.22. The highest BCUT2D eigenvalue weighted by atomic mass is 16.5. The molecule has 1 amide bonds. The van der Waals surface area contributed by atoms with Gasteiger partial charge < -0.3 is 9.64 Å². The molecule has 3 atom stereocenters. The van der Waals surface area contributed by atoms with Crippen molar-refractivity contribution in [3.63, 3.8) is 0 Å². The summed E-state index contributed by atoms with van der Waals surface area (Å²) in [6, 6.07) is 20.7. The van der Waals surface area contributed by atoms with Gasteiger partial charge in [0.1, 0.15) is 0 Å². The molecule has 3 heteroatoms. The standard InChI is InChI=1S/C22H25NO2/c24-22(21-13-20(21)19-9-5-2-6-10-19)23-12-11-18(14-23)16-25-15-17-7-3-1-4-8-17/h1-10,18,20-21H,11-16H2/t18-,20-,21-/m1/s1. The highest BCUT2D eigenvalue weighted by Gasteiger charge is 2.46. The minimum absolute atomic E-state index is 0.200. The van der Waals surface area contributed by atoms with Crippen LogP contribution in [0.4, 0.5) is 0 Å². The molecule has 0 aromatic heterocycles. The van der Waals surface area contributed by atoms with Gasteiger partial charge in [0.2, 0.25) is 5.91 Å². The number of amides is 1. The zero-order valence-corrected chi connectivity index (χ0v) is 14.5. The van der Waals surface area contributed by atoms with Gasteiger partial charge in [0, 0.05) is 24.9 Å². The molecule has 2 aliphatic rings. The number of carbonyl (C=O) groups is 1. The second-order valence-electron chi connectivity index (χ2n) is 7.30. The fraction of sp³-hybridized carbons (Fsp3) is 0.409. The highest BCUT2D eigenvalue weighted by Crippen LogP contribution is 2.48. The fourth-order valence-electron chi connectivity index (χ4n) is 3.86. The van der Waals surface area contributed by atoms with Crippen molar-refractivity contribution in [1.29, 1.82) is 0 Å². The fourth-order valence-corrected chi connectivity index (χ4v) is 3.86. The predicted octanol–water partition coefficient (Wildman–Crippen LogP) is 3.86. The van der Waals surface area contributed by atoms with Gasteiger partial charge in [-0.05, 0) is 29.9 Å². The van der Waals surface area contributed by atoms with E-state index in [2.05, 4.69) is 41.3 Å². The molecule has 0 unspecified atom stereocenters. The molecule has 1 aliphatic carbocycles. The van der Waals surface area contributed by atoms with Gasteiger partial charge in [-0.25, -0.2) is 0 Å². The smallest absolute Gasteiger partial charge is 0.226 e. The molecule has 3 nitrogen and oxygen atoms in total. The number of rotatable bonds is 6. The topological polar surface area (TPSA) is 29.5 Å². The highest BCUT2D eigenvalue weighted by molar-refractivity contribution is 5.83. The first-order valence-corrected chi connectivity index (χ1v) is 9.26. The molecule has 0 spiro atoms. The summed E-state index contributed by atoms with van der Waals surface area (Å²) in [6.07, 6.45) is 2.07. The molecular weight excluding hydrogens is 310 g/mol. The first-order chi connectivity index (χ1) is 12.3. The molecule has 1 saturated carbocycles. The van der Waals surface area contributed by atoms with Gasteiger partial charge >= 0.3 is 0 Å². The van der Waals surface area contributed by atoms with Crippen molar-refractivity contribution in [3.8, 4) is 0 Å². The summed E-state index contributed by atoms with van der Waals surface area (Å²) in [6.45, 7) is 3.14. The van der Waals surface area contributed by atoms with E-state index in [1.54, 1.807) is 0 Å². The second kappa shape index (κ2) is 7.40. The van der Waals surface area contributed by atoms with Crippen molar-refractivity contribution in [2.75, 3.05) is 19.7 Å². The Bertz CT molecular complexity index is 700. The number of hydrogen-bond donors (Lipinski definition) is 0. The Hall–Kier alpha value is -2.13. The minimum atomic E-state index is 0.200. The number of carbonyl (C=O) groups excluding carboxylic acids is 1. The maximum absolute atomic E-state index is 12.7. The van der Waals surface area contributed by atoms with Crippen molar-refractivity contribution in [2.24, 2.45) is 11.8 Å². The summed E-state index contributed by atoms with van der Waals surface area (Å²) in [5.74, 6) is 1.45. The summed E-state index contributed by atoms with van der Waals surface area (Å²) in [4.78, 5) is 14.8. The lowest BCUT2D eigenvalue weighted by Gasteiger charge is -2.17. The van der Waals surface area contributed by atoms with Crippen LogP contribution in [0.2, 0.25) is 0 Å².